The van der Waals surface area contributed by atoms with Crippen molar-refractivity contribution < 1.29 is 14.6 Å². The van der Waals surface area contributed by atoms with Crippen LogP contribution < -0.4 is 5.73 Å². The van der Waals surface area contributed by atoms with E-state index in [2.05, 4.69) is 6.58 Å². The molecule has 1 fully saturated rings. The Balaban J connectivity index is 2.58. The Morgan fingerprint density at radius 3 is 3.13 bits per heavy atom. The van der Waals surface area contributed by atoms with Gasteiger partial charge in [0.25, 0.3) is 0 Å². The molecule has 0 spiro atoms. The van der Waals surface area contributed by atoms with E-state index in [1.54, 1.807) is 11.0 Å². The number of rotatable bonds is 4. The Kier molecular flexibility index (Phi) is 4.74. The van der Waals surface area contributed by atoms with Crippen LogP contribution in [-0.2, 0) is 9.53 Å². The summed E-state index contributed by atoms with van der Waals surface area (Å²) < 4.78 is 5.18. The van der Waals surface area contributed by atoms with Crippen molar-refractivity contribution in [1.29, 1.82) is 0 Å². The Hall–Kier alpha value is -0.910. The molecule has 1 saturated heterocycles. The van der Waals surface area contributed by atoms with Gasteiger partial charge in [-0.25, -0.2) is 0 Å². The van der Waals surface area contributed by atoms with E-state index in [9.17, 15) is 4.79 Å². The molecule has 2 unspecified atom stereocenters. The third-order valence-corrected chi connectivity index (χ3v) is 2.46. The molecule has 0 bridgehead atoms. The zero-order valence-electron chi connectivity index (χ0n) is 8.76. The Morgan fingerprint density at radius 1 is 1.80 bits per heavy atom. The average Bonchev–Trinajstić information content (AvgIpc) is 2.28. The first-order valence-electron chi connectivity index (χ1n) is 5.06. The Bertz CT molecular complexity index is 233. The molecule has 0 aromatic rings. The van der Waals surface area contributed by atoms with Gasteiger partial charge in [0.2, 0.25) is 5.91 Å². The molecule has 1 heterocycles. The Labute approximate surface area is 89.5 Å². The van der Waals surface area contributed by atoms with Crippen LogP contribution in [0.1, 0.15) is 6.42 Å². The van der Waals surface area contributed by atoms with Crippen LogP contribution in [0, 0.1) is 0 Å². The van der Waals surface area contributed by atoms with Gasteiger partial charge in [-0.05, 0) is 6.42 Å². The maximum Gasteiger partial charge on any atom is 0.240 e. The minimum Gasteiger partial charge on any atom is -0.394 e. The minimum atomic E-state index is -0.561. The normalized spacial score (nSPS) is 23.6. The van der Waals surface area contributed by atoms with Crippen LogP contribution in [0.2, 0.25) is 0 Å². The maximum absolute atomic E-state index is 11.8. The summed E-state index contributed by atoms with van der Waals surface area (Å²) in [6, 6.07) is -0.822. The van der Waals surface area contributed by atoms with Crippen LogP contribution in [0.4, 0.5) is 0 Å². The largest absolute Gasteiger partial charge is 0.394 e. The number of aliphatic hydroxyl groups excluding tert-OH is 1. The molecule has 1 rings (SSSR count). The highest BCUT2D eigenvalue weighted by Gasteiger charge is 2.29. The molecular formula is C10H18N2O3. The molecule has 5 nitrogen and oxygen atoms in total. The summed E-state index contributed by atoms with van der Waals surface area (Å²) >= 11 is 0. The molecule has 1 amide bonds. The van der Waals surface area contributed by atoms with E-state index in [4.69, 9.17) is 15.6 Å². The van der Waals surface area contributed by atoms with E-state index >= 15 is 0 Å². The molecule has 3 N–H and O–H groups in total. The minimum absolute atomic E-state index is 0.0907. The highest BCUT2D eigenvalue weighted by Crippen LogP contribution is 2.09. The fourth-order valence-corrected chi connectivity index (χ4v) is 1.59. The summed E-state index contributed by atoms with van der Waals surface area (Å²) in [7, 11) is 0. The van der Waals surface area contributed by atoms with Gasteiger partial charge in [-0.2, -0.15) is 0 Å². The standard InChI is InChI=1S/C10H18N2O3/c1-2-3-9(11)10(14)12-4-5-15-7-8(12)6-13/h2,8-9,13H,1,3-7,11H2. The number of nitrogens with two attached hydrogens (primary N) is 1. The molecule has 0 aliphatic carbocycles. The number of nitrogens with zero attached hydrogens (tertiary/aromatic N) is 1. The number of carbonyl (C=O) groups is 1. The smallest absolute Gasteiger partial charge is 0.240 e. The lowest BCUT2D eigenvalue weighted by Crippen LogP contribution is -2.55. The molecule has 0 radical (unpaired) electrons. The molecular weight excluding hydrogens is 196 g/mol. The SMILES string of the molecule is C=CCC(N)C(=O)N1CCOCC1CO. The number of carbonyl (C=O) groups excluding carboxylic acids is 1. The summed E-state index contributed by atoms with van der Waals surface area (Å²) in [5, 5.41) is 9.09. The summed E-state index contributed by atoms with van der Waals surface area (Å²) in [4.78, 5) is 13.4. The molecule has 1 aliphatic rings. The van der Waals surface area contributed by atoms with Gasteiger partial charge in [0, 0.05) is 6.54 Å². The first-order chi connectivity index (χ1) is 7.20. The molecule has 15 heavy (non-hydrogen) atoms. The van der Waals surface area contributed by atoms with Crippen LogP contribution in [0.3, 0.4) is 0 Å². The fourth-order valence-electron chi connectivity index (χ4n) is 1.59. The highest BCUT2D eigenvalue weighted by atomic mass is 16.5. The van der Waals surface area contributed by atoms with Gasteiger partial charge in [0.1, 0.15) is 0 Å². The Morgan fingerprint density at radius 2 is 2.53 bits per heavy atom. The van der Waals surface area contributed by atoms with Gasteiger partial charge in [-0.15, -0.1) is 6.58 Å². The third kappa shape index (κ3) is 3.02. The molecule has 5 heteroatoms. The van der Waals surface area contributed by atoms with Crippen LogP contribution in [0.5, 0.6) is 0 Å². The van der Waals surface area contributed by atoms with Crippen molar-refractivity contribution in [2.24, 2.45) is 5.73 Å². The summed E-state index contributed by atoms with van der Waals surface area (Å²) in [6.07, 6.45) is 2.07. The van der Waals surface area contributed by atoms with E-state index in [0.717, 1.165) is 0 Å². The van der Waals surface area contributed by atoms with Crippen molar-refractivity contribution in [3.63, 3.8) is 0 Å². The van der Waals surface area contributed by atoms with Crippen molar-refractivity contribution in [3.8, 4) is 0 Å². The average molecular weight is 214 g/mol. The van der Waals surface area contributed by atoms with E-state index in [1.807, 2.05) is 0 Å². The zero-order valence-corrected chi connectivity index (χ0v) is 8.76. The van der Waals surface area contributed by atoms with Gasteiger partial charge in [0.05, 0.1) is 31.9 Å². The predicted molar refractivity (Wildman–Crippen MR) is 56.2 cm³/mol. The number of amides is 1. The quantitative estimate of drug-likeness (QED) is 0.595. The van der Waals surface area contributed by atoms with Gasteiger partial charge in [-0.1, -0.05) is 6.08 Å². The van der Waals surface area contributed by atoms with Crippen molar-refractivity contribution in [1.82, 2.24) is 4.90 Å². The molecule has 2 atom stereocenters. The second kappa shape index (κ2) is 5.85. The number of morpholine rings is 1. The number of ether oxygens (including phenoxy) is 1. The van der Waals surface area contributed by atoms with Crippen molar-refractivity contribution in [2.75, 3.05) is 26.4 Å². The number of hydrogen-bond acceptors (Lipinski definition) is 4. The monoisotopic (exact) mass is 214 g/mol. The molecule has 0 saturated carbocycles. The number of aliphatic hydroxyl groups is 1. The van der Waals surface area contributed by atoms with Crippen LogP contribution in [-0.4, -0.2) is 54.4 Å². The lowest BCUT2D eigenvalue weighted by atomic mass is 10.1. The fraction of sp³-hybridized carbons (Fsp3) is 0.700. The molecule has 0 aromatic carbocycles. The van der Waals surface area contributed by atoms with Crippen LogP contribution in [0.25, 0.3) is 0 Å². The van der Waals surface area contributed by atoms with E-state index in [-0.39, 0.29) is 18.6 Å². The van der Waals surface area contributed by atoms with E-state index in [0.29, 0.717) is 26.2 Å². The first kappa shape index (κ1) is 12.2. The second-order valence-corrected chi connectivity index (χ2v) is 3.57. The summed E-state index contributed by atoms with van der Waals surface area (Å²) in [5.74, 6) is -0.141. The summed E-state index contributed by atoms with van der Waals surface area (Å²) in [5.41, 5.74) is 5.69. The first-order valence-corrected chi connectivity index (χ1v) is 5.06. The van der Waals surface area contributed by atoms with Gasteiger partial charge >= 0.3 is 0 Å². The maximum atomic E-state index is 11.8. The summed E-state index contributed by atoms with van der Waals surface area (Å²) in [6.45, 7) is 4.83. The van der Waals surface area contributed by atoms with Crippen LogP contribution in [0.15, 0.2) is 12.7 Å². The third-order valence-electron chi connectivity index (χ3n) is 2.46. The predicted octanol–water partition coefficient (Wildman–Crippen LogP) is -0.890. The number of hydrogen-bond donors (Lipinski definition) is 2. The lowest BCUT2D eigenvalue weighted by molar-refractivity contribution is -0.142. The lowest BCUT2D eigenvalue weighted by Gasteiger charge is -2.35. The van der Waals surface area contributed by atoms with Crippen molar-refractivity contribution >= 4 is 5.91 Å². The van der Waals surface area contributed by atoms with E-state index < -0.39 is 6.04 Å². The zero-order chi connectivity index (χ0) is 11.3. The van der Waals surface area contributed by atoms with Gasteiger partial charge < -0.3 is 20.5 Å². The highest BCUT2D eigenvalue weighted by molar-refractivity contribution is 5.82. The van der Waals surface area contributed by atoms with E-state index in [1.165, 1.54) is 0 Å². The molecule has 86 valence electrons. The molecule has 1 aliphatic heterocycles. The second-order valence-electron chi connectivity index (χ2n) is 3.57. The van der Waals surface area contributed by atoms with Gasteiger partial charge in [-0.3, -0.25) is 4.79 Å². The topological polar surface area (TPSA) is 75.8 Å². The molecule has 0 aromatic heterocycles. The van der Waals surface area contributed by atoms with Gasteiger partial charge in [0.15, 0.2) is 0 Å². The van der Waals surface area contributed by atoms with Crippen molar-refractivity contribution in [3.05, 3.63) is 12.7 Å². The van der Waals surface area contributed by atoms with Crippen LogP contribution >= 0.6 is 0 Å². The van der Waals surface area contributed by atoms with Crippen molar-refractivity contribution in [2.45, 2.75) is 18.5 Å².